The summed E-state index contributed by atoms with van der Waals surface area (Å²) in [6, 6.07) is 1.59. The number of hydrogen-bond donors (Lipinski definition) is 1. The lowest BCUT2D eigenvalue weighted by Gasteiger charge is -2.30. The van der Waals surface area contributed by atoms with Gasteiger partial charge in [0.05, 0.1) is 0 Å². The van der Waals surface area contributed by atoms with E-state index in [0.29, 0.717) is 0 Å². The van der Waals surface area contributed by atoms with Crippen molar-refractivity contribution in [2.75, 3.05) is 20.1 Å². The Hall–Kier alpha value is -0.0800. The second-order valence-electron chi connectivity index (χ2n) is 4.43. The van der Waals surface area contributed by atoms with E-state index in [2.05, 4.69) is 24.2 Å². The zero-order valence-electron chi connectivity index (χ0n) is 8.21. The molecule has 1 heterocycles. The molecule has 2 rings (SSSR count). The second kappa shape index (κ2) is 3.35. The molecule has 0 aromatic carbocycles. The van der Waals surface area contributed by atoms with Crippen LogP contribution < -0.4 is 5.32 Å². The van der Waals surface area contributed by atoms with E-state index < -0.39 is 0 Å². The maximum absolute atomic E-state index is 3.56. The van der Waals surface area contributed by atoms with Crippen LogP contribution in [0.1, 0.15) is 26.2 Å². The SMILES string of the molecule is CC1CNCC2CCCC2N1C. The van der Waals surface area contributed by atoms with E-state index in [1.807, 2.05) is 0 Å². The van der Waals surface area contributed by atoms with Crippen molar-refractivity contribution in [3.63, 3.8) is 0 Å². The number of likely N-dealkylation sites (N-methyl/N-ethyl adjacent to an activating group) is 1. The topological polar surface area (TPSA) is 15.3 Å². The van der Waals surface area contributed by atoms with Crippen LogP contribution in [0.25, 0.3) is 0 Å². The Labute approximate surface area is 75.3 Å². The third kappa shape index (κ3) is 1.38. The summed E-state index contributed by atoms with van der Waals surface area (Å²) in [5.41, 5.74) is 0. The van der Waals surface area contributed by atoms with Crippen LogP contribution in [-0.2, 0) is 0 Å². The first-order valence-electron chi connectivity index (χ1n) is 5.21. The third-order valence-electron chi connectivity index (χ3n) is 3.68. The fourth-order valence-electron chi connectivity index (χ4n) is 2.74. The van der Waals surface area contributed by atoms with E-state index in [1.165, 1.54) is 32.4 Å². The molecule has 1 aliphatic heterocycles. The lowest BCUT2D eigenvalue weighted by Crippen LogP contribution is -2.40. The molecule has 0 spiro atoms. The average molecular weight is 168 g/mol. The summed E-state index contributed by atoms with van der Waals surface area (Å²) in [5.74, 6) is 0.931. The monoisotopic (exact) mass is 168 g/mol. The molecular weight excluding hydrogens is 148 g/mol. The van der Waals surface area contributed by atoms with Crippen molar-refractivity contribution >= 4 is 0 Å². The maximum atomic E-state index is 3.56. The summed E-state index contributed by atoms with van der Waals surface area (Å²) in [6.07, 6.45) is 4.30. The fraction of sp³-hybridized carbons (Fsp3) is 1.00. The van der Waals surface area contributed by atoms with Crippen LogP contribution in [0.4, 0.5) is 0 Å². The molecule has 0 amide bonds. The highest BCUT2D eigenvalue weighted by molar-refractivity contribution is 4.90. The van der Waals surface area contributed by atoms with Crippen molar-refractivity contribution in [1.29, 1.82) is 0 Å². The largest absolute Gasteiger partial charge is 0.315 e. The molecular formula is C10H20N2. The van der Waals surface area contributed by atoms with Crippen molar-refractivity contribution in [3.05, 3.63) is 0 Å². The highest BCUT2D eigenvalue weighted by Gasteiger charge is 2.33. The summed E-state index contributed by atoms with van der Waals surface area (Å²) < 4.78 is 0. The molecule has 12 heavy (non-hydrogen) atoms. The highest BCUT2D eigenvalue weighted by Crippen LogP contribution is 2.30. The Morgan fingerprint density at radius 2 is 2.08 bits per heavy atom. The van der Waals surface area contributed by atoms with Crippen LogP contribution in [0.3, 0.4) is 0 Å². The van der Waals surface area contributed by atoms with Crippen molar-refractivity contribution in [3.8, 4) is 0 Å². The summed E-state index contributed by atoms with van der Waals surface area (Å²) in [4.78, 5) is 2.58. The van der Waals surface area contributed by atoms with Gasteiger partial charge in [0.15, 0.2) is 0 Å². The van der Waals surface area contributed by atoms with Gasteiger partial charge in [0, 0.05) is 18.6 Å². The number of rotatable bonds is 0. The Bertz CT molecular complexity index is 158. The van der Waals surface area contributed by atoms with Crippen LogP contribution in [-0.4, -0.2) is 37.1 Å². The van der Waals surface area contributed by atoms with Crippen LogP contribution in [0.5, 0.6) is 0 Å². The van der Waals surface area contributed by atoms with Crippen molar-refractivity contribution < 1.29 is 0 Å². The van der Waals surface area contributed by atoms with E-state index in [-0.39, 0.29) is 0 Å². The maximum Gasteiger partial charge on any atom is 0.0192 e. The van der Waals surface area contributed by atoms with Crippen LogP contribution in [0, 0.1) is 5.92 Å². The zero-order chi connectivity index (χ0) is 8.55. The summed E-state index contributed by atoms with van der Waals surface area (Å²) in [7, 11) is 2.29. The first kappa shape index (κ1) is 8.52. The van der Waals surface area contributed by atoms with Crippen LogP contribution >= 0.6 is 0 Å². The molecule has 2 heteroatoms. The Balaban J connectivity index is 2.08. The summed E-state index contributed by atoms with van der Waals surface area (Å²) in [6.45, 7) is 4.75. The molecule has 3 atom stereocenters. The summed E-state index contributed by atoms with van der Waals surface area (Å²) in [5, 5.41) is 3.56. The molecule has 70 valence electrons. The van der Waals surface area contributed by atoms with Gasteiger partial charge in [0.1, 0.15) is 0 Å². The first-order chi connectivity index (χ1) is 5.79. The van der Waals surface area contributed by atoms with E-state index in [4.69, 9.17) is 0 Å². The van der Waals surface area contributed by atoms with Gasteiger partial charge in [-0.3, -0.25) is 4.90 Å². The number of nitrogens with one attached hydrogen (secondary N) is 1. The van der Waals surface area contributed by atoms with E-state index in [0.717, 1.165) is 18.0 Å². The molecule has 2 fully saturated rings. The van der Waals surface area contributed by atoms with E-state index >= 15 is 0 Å². The smallest absolute Gasteiger partial charge is 0.0192 e. The predicted octanol–water partition coefficient (Wildman–Crippen LogP) is 1.08. The second-order valence-corrected chi connectivity index (χ2v) is 4.43. The molecule has 0 radical (unpaired) electrons. The number of fused-ring (bicyclic) bond motifs is 1. The minimum absolute atomic E-state index is 0.720. The quantitative estimate of drug-likeness (QED) is 0.582. The molecule has 0 bridgehead atoms. The Morgan fingerprint density at radius 3 is 2.92 bits per heavy atom. The minimum Gasteiger partial charge on any atom is -0.315 e. The predicted molar refractivity (Wildman–Crippen MR) is 51.2 cm³/mol. The van der Waals surface area contributed by atoms with Gasteiger partial charge in [-0.05, 0) is 39.3 Å². The van der Waals surface area contributed by atoms with Crippen LogP contribution in [0.15, 0.2) is 0 Å². The van der Waals surface area contributed by atoms with Gasteiger partial charge in [-0.25, -0.2) is 0 Å². The van der Waals surface area contributed by atoms with Crippen LogP contribution in [0.2, 0.25) is 0 Å². The molecule has 3 unspecified atom stereocenters. The van der Waals surface area contributed by atoms with Crippen molar-refractivity contribution in [2.45, 2.75) is 38.3 Å². The molecule has 1 N–H and O–H groups in total. The van der Waals surface area contributed by atoms with Gasteiger partial charge < -0.3 is 5.32 Å². The van der Waals surface area contributed by atoms with Crippen molar-refractivity contribution in [1.82, 2.24) is 10.2 Å². The van der Waals surface area contributed by atoms with E-state index in [1.54, 1.807) is 0 Å². The molecule has 1 saturated heterocycles. The Morgan fingerprint density at radius 1 is 1.25 bits per heavy atom. The van der Waals surface area contributed by atoms with Gasteiger partial charge in [-0.15, -0.1) is 0 Å². The molecule has 1 saturated carbocycles. The normalized spacial score (nSPS) is 44.0. The van der Waals surface area contributed by atoms with Gasteiger partial charge in [0.25, 0.3) is 0 Å². The standard InChI is InChI=1S/C10H20N2/c1-8-6-11-7-9-4-3-5-10(9)12(8)2/h8-11H,3-7H2,1-2H3. The number of nitrogens with zero attached hydrogens (tertiary/aromatic N) is 1. The minimum atomic E-state index is 0.720. The lowest BCUT2D eigenvalue weighted by atomic mass is 10.0. The van der Waals surface area contributed by atoms with Gasteiger partial charge in [0.2, 0.25) is 0 Å². The molecule has 0 aromatic heterocycles. The van der Waals surface area contributed by atoms with Gasteiger partial charge in [-0.2, -0.15) is 0 Å². The van der Waals surface area contributed by atoms with Gasteiger partial charge in [-0.1, -0.05) is 6.42 Å². The zero-order valence-corrected chi connectivity index (χ0v) is 8.21. The lowest BCUT2D eigenvalue weighted by molar-refractivity contribution is 0.174. The summed E-state index contributed by atoms with van der Waals surface area (Å²) >= 11 is 0. The van der Waals surface area contributed by atoms with Gasteiger partial charge >= 0.3 is 0 Å². The number of hydrogen-bond acceptors (Lipinski definition) is 2. The molecule has 2 aliphatic rings. The molecule has 1 aliphatic carbocycles. The highest BCUT2D eigenvalue weighted by atomic mass is 15.2. The molecule has 2 nitrogen and oxygen atoms in total. The third-order valence-corrected chi connectivity index (χ3v) is 3.68. The molecule has 0 aromatic rings. The average Bonchev–Trinajstić information content (AvgIpc) is 2.46. The van der Waals surface area contributed by atoms with E-state index in [9.17, 15) is 0 Å². The Kier molecular flexibility index (Phi) is 2.37. The first-order valence-corrected chi connectivity index (χ1v) is 5.21. The fourth-order valence-corrected chi connectivity index (χ4v) is 2.74. The van der Waals surface area contributed by atoms with Crippen molar-refractivity contribution in [2.24, 2.45) is 5.92 Å².